The quantitative estimate of drug-likeness (QED) is 0.863. The fourth-order valence-electron chi connectivity index (χ4n) is 5.56. The van der Waals surface area contributed by atoms with Crippen LogP contribution in [0.4, 0.5) is 0 Å². The molecule has 4 aliphatic rings. The van der Waals surface area contributed by atoms with E-state index in [0.717, 1.165) is 11.1 Å². The highest BCUT2D eigenvalue weighted by Gasteiger charge is 2.80. The molecular formula is C20H24O4. The molecule has 4 bridgehead atoms. The van der Waals surface area contributed by atoms with E-state index in [0.29, 0.717) is 6.61 Å². The van der Waals surface area contributed by atoms with Crippen molar-refractivity contribution in [2.24, 2.45) is 11.8 Å². The van der Waals surface area contributed by atoms with E-state index in [4.69, 9.17) is 14.2 Å². The van der Waals surface area contributed by atoms with Gasteiger partial charge in [0.1, 0.15) is 5.60 Å². The molecule has 1 aliphatic heterocycles. The maximum absolute atomic E-state index is 11.8. The Balaban J connectivity index is 2.03. The van der Waals surface area contributed by atoms with Crippen molar-refractivity contribution in [3.8, 4) is 0 Å². The van der Waals surface area contributed by atoms with Crippen molar-refractivity contribution in [3.05, 3.63) is 60.2 Å². The summed E-state index contributed by atoms with van der Waals surface area (Å²) < 4.78 is 18.0. The highest BCUT2D eigenvalue weighted by Crippen LogP contribution is 2.68. The van der Waals surface area contributed by atoms with Crippen molar-refractivity contribution < 1.29 is 19.3 Å². The number of aliphatic hydroxyl groups is 1. The van der Waals surface area contributed by atoms with E-state index < -0.39 is 17.0 Å². The lowest BCUT2D eigenvalue weighted by Gasteiger charge is -2.63. The van der Waals surface area contributed by atoms with Gasteiger partial charge in [-0.1, -0.05) is 48.6 Å². The van der Waals surface area contributed by atoms with Crippen LogP contribution >= 0.6 is 0 Å². The fraction of sp³-hybridized carbons (Fsp3) is 0.500. The van der Waals surface area contributed by atoms with Gasteiger partial charge < -0.3 is 19.3 Å². The first-order chi connectivity index (χ1) is 11.5. The zero-order chi connectivity index (χ0) is 17.2. The molecule has 4 nitrogen and oxygen atoms in total. The standard InChI is InChI=1S/C20H24O4/c1-5-19(21)18(22-3)11-13(2)16-15(12-24-20(16,19)23-4)17(18)14-9-7-6-8-10-14/h5-11,15-17,21H,1,12H2,2-4H3/t15-,16-,17+,18-,19+,20+/m0/s1. The molecule has 1 N–H and O–H groups in total. The molecule has 3 aliphatic carbocycles. The third-order valence-corrected chi connectivity index (χ3v) is 6.37. The molecule has 4 heteroatoms. The normalized spacial score (nSPS) is 46.0. The molecule has 2 fully saturated rings. The van der Waals surface area contributed by atoms with E-state index in [1.54, 1.807) is 14.2 Å². The Labute approximate surface area is 142 Å². The molecule has 0 aromatic heterocycles. The fourth-order valence-corrected chi connectivity index (χ4v) is 5.56. The number of hydrogen-bond acceptors (Lipinski definition) is 4. The summed E-state index contributed by atoms with van der Waals surface area (Å²) in [6.45, 7) is 6.50. The van der Waals surface area contributed by atoms with Gasteiger partial charge in [-0.25, -0.2) is 0 Å². The van der Waals surface area contributed by atoms with Crippen LogP contribution in [-0.2, 0) is 14.2 Å². The van der Waals surface area contributed by atoms with Crippen molar-refractivity contribution in [1.29, 1.82) is 0 Å². The Morgan fingerprint density at radius 2 is 1.92 bits per heavy atom. The minimum Gasteiger partial charge on any atom is -0.377 e. The molecule has 1 aromatic carbocycles. The molecule has 0 amide bonds. The van der Waals surface area contributed by atoms with Gasteiger partial charge in [0.05, 0.1) is 6.61 Å². The Kier molecular flexibility index (Phi) is 3.35. The van der Waals surface area contributed by atoms with Crippen molar-refractivity contribution in [3.63, 3.8) is 0 Å². The number of benzene rings is 1. The number of rotatable bonds is 4. The highest BCUT2D eigenvalue weighted by atomic mass is 16.7. The molecule has 1 heterocycles. The summed E-state index contributed by atoms with van der Waals surface area (Å²) in [6, 6.07) is 10.2. The Hall–Kier alpha value is -1.46. The Bertz CT molecular complexity index is 699. The van der Waals surface area contributed by atoms with E-state index in [1.807, 2.05) is 18.2 Å². The molecule has 1 saturated carbocycles. The average Bonchev–Trinajstić information content (AvgIpc) is 2.99. The first-order valence-electron chi connectivity index (χ1n) is 8.36. The van der Waals surface area contributed by atoms with Gasteiger partial charge in [0.25, 0.3) is 0 Å². The molecule has 0 radical (unpaired) electrons. The molecule has 1 aromatic rings. The molecule has 1 saturated heterocycles. The van der Waals surface area contributed by atoms with Gasteiger partial charge in [0.2, 0.25) is 5.79 Å². The first kappa shape index (κ1) is 16.0. The predicted molar refractivity (Wildman–Crippen MR) is 90.5 cm³/mol. The zero-order valence-corrected chi connectivity index (χ0v) is 14.4. The number of ether oxygens (including phenoxy) is 3. The summed E-state index contributed by atoms with van der Waals surface area (Å²) in [7, 11) is 3.23. The van der Waals surface area contributed by atoms with Crippen LogP contribution in [0.1, 0.15) is 18.4 Å². The SMILES string of the molecule is C=C[C@]1(O)[C@]2(OC)OC[C@@H]3[C@@H](c4ccccc4)[C@@]1(OC)C=C(C)[C@@H]32. The second-order valence-corrected chi connectivity index (χ2v) is 7.07. The molecule has 0 spiro atoms. The summed E-state index contributed by atoms with van der Waals surface area (Å²) in [4.78, 5) is 0. The van der Waals surface area contributed by atoms with Gasteiger partial charge in [-0.2, -0.15) is 0 Å². The zero-order valence-electron chi connectivity index (χ0n) is 14.4. The second kappa shape index (κ2) is 5.02. The molecule has 24 heavy (non-hydrogen) atoms. The van der Waals surface area contributed by atoms with Crippen LogP contribution in [-0.4, -0.2) is 42.9 Å². The molecule has 5 rings (SSSR count). The third kappa shape index (κ3) is 1.49. The van der Waals surface area contributed by atoms with E-state index >= 15 is 0 Å². The third-order valence-electron chi connectivity index (χ3n) is 6.37. The molecule has 128 valence electrons. The van der Waals surface area contributed by atoms with Crippen LogP contribution in [0, 0.1) is 11.8 Å². The van der Waals surface area contributed by atoms with Crippen LogP contribution in [0.2, 0.25) is 0 Å². The summed E-state index contributed by atoms with van der Waals surface area (Å²) in [5.74, 6) is -1.05. The minimum absolute atomic E-state index is 0.0345. The molecular weight excluding hydrogens is 304 g/mol. The molecule has 0 unspecified atom stereocenters. The van der Waals surface area contributed by atoms with Gasteiger partial charge in [-0.05, 0) is 18.6 Å². The lowest BCUT2D eigenvalue weighted by molar-refractivity contribution is -0.344. The lowest BCUT2D eigenvalue weighted by atomic mass is 9.48. The van der Waals surface area contributed by atoms with Crippen LogP contribution in [0.3, 0.4) is 0 Å². The van der Waals surface area contributed by atoms with Crippen molar-refractivity contribution in [2.45, 2.75) is 29.8 Å². The minimum atomic E-state index is -1.48. The van der Waals surface area contributed by atoms with Crippen LogP contribution < -0.4 is 0 Å². The number of hydrogen-bond donors (Lipinski definition) is 1. The lowest BCUT2D eigenvalue weighted by Crippen LogP contribution is -2.77. The molecule has 6 atom stereocenters. The monoisotopic (exact) mass is 328 g/mol. The topological polar surface area (TPSA) is 47.9 Å². The van der Waals surface area contributed by atoms with E-state index in [2.05, 4.69) is 31.7 Å². The summed E-state index contributed by atoms with van der Waals surface area (Å²) in [6.07, 6.45) is 3.59. The average molecular weight is 328 g/mol. The summed E-state index contributed by atoms with van der Waals surface area (Å²) in [5.41, 5.74) is -0.193. The van der Waals surface area contributed by atoms with Gasteiger partial charge in [0, 0.05) is 32.0 Å². The van der Waals surface area contributed by atoms with Gasteiger partial charge in [-0.15, -0.1) is 0 Å². The Morgan fingerprint density at radius 3 is 2.50 bits per heavy atom. The second-order valence-electron chi connectivity index (χ2n) is 7.07. The van der Waals surface area contributed by atoms with Crippen LogP contribution in [0.5, 0.6) is 0 Å². The summed E-state index contributed by atoms with van der Waals surface area (Å²) >= 11 is 0. The van der Waals surface area contributed by atoms with Gasteiger partial charge in [0.15, 0.2) is 5.60 Å². The van der Waals surface area contributed by atoms with Gasteiger partial charge >= 0.3 is 0 Å². The largest absolute Gasteiger partial charge is 0.377 e. The van der Waals surface area contributed by atoms with Crippen LogP contribution in [0.25, 0.3) is 0 Å². The van der Waals surface area contributed by atoms with E-state index in [1.165, 1.54) is 6.08 Å². The smallest absolute Gasteiger partial charge is 0.211 e. The maximum atomic E-state index is 11.8. The van der Waals surface area contributed by atoms with Crippen molar-refractivity contribution >= 4 is 0 Å². The van der Waals surface area contributed by atoms with Crippen molar-refractivity contribution in [2.75, 3.05) is 20.8 Å². The van der Waals surface area contributed by atoms with Crippen molar-refractivity contribution in [1.82, 2.24) is 0 Å². The number of methoxy groups -OCH3 is 2. The highest BCUT2D eigenvalue weighted by molar-refractivity contribution is 5.48. The Morgan fingerprint density at radius 1 is 1.21 bits per heavy atom. The van der Waals surface area contributed by atoms with Crippen LogP contribution in [0.15, 0.2) is 54.6 Å². The van der Waals surface area contributed by atoms with E-state index in [-0.39, 0.29) is 17.8 Å². The van der Waals surface area contributed by atoms with E-state index in [9.17, 15) is 5.11 Å². The van der Waals surface area contributed by atoms with Gasteiger partial charge in [-0.3, -0.25) is 0 Å². The predicted octanol–water partition coefficient (Wildman–Crippen LogP) is 2.65. The maximum Gasteiger partial charge on any atom is 0.211 e. The summed E-state index contributed by atoms with van der Waals surface area (Å²) in [5, 5.41) is 11.8. The first-order valence-corrected chi connectivity index (χ1v) is 8.36.